The van der Waals surface area contributed by atoms with Crippen molar-refractivity contribution in [3.05, 3.63) is 24.3 Å². The van der Waals surface area contributed by atoms with Gasteiger partial charge in [-0.25, -0.2) is 0 Å². The van der Waals surface area contributed by atoms with Crippen molar-refractivity contribution >= 4 is 17.3 Å². The van der Waals surface area contributed by atoms with Crippen LogP contribution in [0.2, 0.25) is 0 Å². The summed E-state index contributed by atoms with van der Waals surface area (Å²) >= 11 is 0. The van der Waals surface area contributed by atoms with Gasteiger partial charge in [0.25, 0.3) is 0 Å². The number of benzene rings is 1. The Morgan fingerprint density at radius 1 is 1.27 bits per heavy atom. The third-order valence-electron chi connectivity index (χ3n) is 4.64. The zero-order valence-corrected chi connectivity index (χ0v) is 14.0. The smallest absolute Gasteiger partial charge is 0.241 e. The fourth-order valence-corrected chi connectivity index (χ4v) is 3.51. The van der Waals surface area contributed by atoms with Gasteiger partial charge in [0.2, 0.25) is 5.91 Å². The highest BCUT2D eigenvalue weighted by Crippen LogP contribution is 2.25. The van der Waals surface area contributed by atoms with E-state index < -0.39 is 0 Å². The summed E-state index contributed by atoms with van der Waals surface area (Å²) in [5, 5.41) is 3.02. The molecule has 1 aromatic carbocycles. The molecule has 4 heteroatoms. The predicted octanol–water partition coefficient (Wildman–Crippen LogP) is 3.50. The molecule has 4 nitrogen and oxygen atoms in total. The summed E-state index contributed by atoms with van der Waals surface area (Å²) in [6, 6.07) is 7.78. The van der Waals surface area contributed by atoms with Crippen LogP contribution in [0.15, 0.2) is 24.3 Å². The third-order valence-corrected chi connectivity index (χ3v) is 4.64. The molecule has 1 amide bonds. The molecular weight excluding hydrogens is 274 g/mol. The molecule has 0 aliphatic heterocycles. The van der Waals surface area contributed by atoms with Crippen LogP contribution in [0.25, 0.3) is 0 Å². The minimum atomic E-state index is -0.107. The average Bonchev–Trinajstić information content (AvgIpc) is 2.47. The quantitative estimate of drug-likeness (QED) is 0.819. The Morgan fingerprint density at radius 3 is 2.55 bits per heavy atom. The molecule has 1 unspecified atom stereocenters. The number of nitrogens with one attached hydrogen (secondary N) is 1. The second-order valence-electron chi connectivity index (χ2n) is 6.76. The molecule has 0 aromatic heterocycles. The molecular formula is C18H29N3O. The second-order valence-corrected chi connectivity index (χ2v) is 6.76. The van der Waals surface area contributed by atoms with E-state index in [2.05, 4.69) is 31.1 Å². The van der Waals surface area contributed by atoms with Crippen molar-refractivity contribution < 1.29 is 4.79 Å². The summed E-state index contributed by atoms with van der Waals surface area (Å²) in [5.41, 5.74) is 7.22. The summed E-state index contributed by atoms with van der Waals surface area (Å²) in [5.74, 6) is 0.335. The number of hydrogen-bond donors (Lipinski definition) is 2. The van der Waals surface area contributed by atoms with E-state index in [1.54, 1.807) is 6.07 Å². The number of nitrogen functional groups attached to an aromatic ring is 1. The van der Waals surface area contributed by atoms with Crippen LogP contribution in [0.4, 0.5) is 11.4 Å². The number of rotatable bonds is 5. The summed E-state index contributed by atoms with van der Waals surface area (Å²) in [7, 11) is 2.10. The maximum atomic E-state index is 12.8. The van der Waals surface area contributed by atoms with Crippen molar-refractivity contribution in [3.8, 4) is 0 Å². The van der Waals surface area contributed by atoms with Crippen molar-refractivity contribution in [1.82, 2.24) is 4.90 Å². The Hall–Kier alpha value is -1.55. The largest absolute Gasteiger partial charge is 0.399 e. The number of carbonyl (C=O) groups excluding carboxylic acids is 1. The van der Waals surface area contributed by atoms with E-state index in [0.717, 1.165) is 5.69 Å². The molecule has 1 aromatic rings. The summed E-state index contributed by atoms with van der Waals surface area (Å²) in [6.07, 6.45) is 6.27. The van der Waals surface area contributed by atoms with Crippen LogP contribution in [0, 0.1) is 5.92 Å². The lowest BCUT2D eigenvalue weighted by Gasteiger charge is -2.38. The standard InChI is InChI=1S/C18H29N3O/c1-13(2)17(21(3)16-10-5-4-6-11-16)18(22)20-15-9-7-8-14(19)12-15/h7-9,12-13,16-17H,4-6,10-11,19H2,1-3H3,(H,20,22). The van der Waals surface area contributed by atoms with Gasteiger partial charge in [0.05, 0.1) is 6.04 Å². The molecule has 0 heterocycles. The fraction of sp³-hybridized carbons (Fsp3) is 0.611. The second kappa shape index (κ2) is 7.63. The van der Waals surface area contributed by atoms with Crippen molar-refractivity contribution in [3.63, 3.8) is 0 Å². The highest BCUT2D eigenvalue weighted by Gasteiger charge is 2.31. The van der Waals surface area contributed by atoms with Crippen molar-refractivity contribution in [2.24, 2.45) is 5.92 Å². The maximum absolute atomic E-state index is 12.8. The van der Waals surface area contributed by atoms with E-state index in [1.165, 1.54) is 32.1 Å². The SMILES string of the molecule is CC(C)C(C(=O)Nc1cccc(N)c1)N(C)C1CCCCC1. The van der Waals surface area contributed by atoms with Gasteiger partial charge in [-0.2, -0.15) is 0 Å². The number of hydrogen-bond acceptors (Lipinski definition) is 3. The first-order chi connectivity index (χ1) is 10.5. The average molecular weight is 303 g/mol. The van der Waals surface area contributed by atoms with E-state index in [9.17, 15) is 4.79 Å². The molecule has 122 valence electrons. The Bertz CT molecular complexity index is 495. The molecule has 1 aliphatic carbocycles. The van der Waals surface area contributed by atoms with Crippen molar-refractivity contribution in [2.45, 2.75) is 58.0 Å². The number of amides is 1. The van der Waals surface area contributed by atoms with Gasteiger partial charge in [-0.1, -0.05) is 39.2 Å². The first-order valence-corrected chi connectivity index (χ1v) is 8.37. The molecule has 0 spiro atoms. The van der Waals surface area contributed by atoms with E-state index in [0.29, 0.717) is 11.7 Å². The number of anilines is 2. The Kier molecular flexibility index (Phi) is 5.83. The Labute approximate surface area is 134 Å². The fourth-order valence-electron chi connectivity index (χ4n) is 3.51. The van der Waals surface area contributed by atoms with Crippen molar-refractivity contribution in [2.75, 3.05) is 18.1 Å². The molecule has 1 aliphatic rings. The number of likely N-dealkylation sites (N-methyl/N-ethyl adjacent to an activating group) is 1. The maximum Gasteiger partial charge on any atom is 0.241 e. The summed E-state index contributed by atoms with van der Waals surface area (Å²) in [4.78, 5) is 15.0. The minimum Gasteiger partial charge on any atom is -0.399 e. The van der Waals surface area contributed by atoms with Crippen LogP contribution in [-0.2, 0) is 4.79 Å². The molecule has 2 rings (SSSR count). The van der Waals surface area contributed by atoms with Gasteiger partial charge in [0.1, 0.15) is 0 Å². The number of carbonyl (C=O) groups is 1. The molecule has 0 bridgehead atoms. The highest BCUT2D eigenvalue weighted by atomic mass is 16.2. The zero-order chi connectivity index (χ0) is 16.1. The van der Waals surface area contributed by atoms with E-state index in [-0.39, 0.29) is 17.9 Å². The van der Waals surface area contributed by atoms with Gasteiger partial charge in [-0.05, 0) is 44.0 Å². The molecule has 22 heavy (non-hydrogen) atoms. The minimum absolute atomic E-state index is 0.0636. The zero-order valence-electron chi connectivity index (χ0n) is 14.0. The summed E-state index contributed by atoms with van der Waals surface area (Å²) < 4.78 is 0. The highest BCUT2D eigenvalue weighted by molar-refractivity contribution is 5.95. The van der Waals surface area contributed by atoms with Gasteiger partial charge in [0.15, 0.2) is 0 Å². The molecule has 3 N–H and O–H groups in total. The Balaban J connectivity index is 2.07. The van der Waals surface area contributed by atoms with Crippen LogP contribution >= 0.6 is 0 Å². The van der Waals surface area contributed by atoms with E-state index in [1.807, 2.05) is 18.2 Å². The van der Waals surface area contributed by atoms with Crippen LogP contribution in [0.1, 0.15) is 46.0 Å². The lowest BCUT2D eigenvalue weighted by atomic mass is 9.91. The lowest BCUT2D eigenvalue weighted by molar-refractivity contribution is -0.123. The Morgan fingerprint density at radius 2 is 1.95 bits per heavy atom. The van der Waals surface area contributed by atoms with E-state index in [4.69, 9.17) is 5.73 Å². The monoisotopic (exact) mass is 303 g/mol. The molecule has 1 fully saturated rings. The van der Waals surface area contributed by atoms with Crippen LogP contribution in [-0.4, -0.2) is 29.9 Å². The van der Waals surface area contributed by atoms with Gasteiger partial charge in [0, 0.05) is 17.4 Å². The number of nitrogens with zero attached hydrogens (tertiary/aromatic N) is 1. The normalized spacial score (nSPS) is 17.7. The topological polar surface area (TPSA) is 58.4 Å². The number of nitrogens with two attached hydrogens (primary N) is 1. The van der Waals surface area contributed by atoms with Crippen LogP contribution in [0.5, 0.6) is 0 Å². The summed E-state index contributed by atoms with van der Waals surface area (Å²) in [6.45, 7) is 4.23. The predicted molar refractivity (Wildman–Crippen MR) is 92.7 cm³/mol. The van der Waals surface area contributed by atoms with Crippen LogP contribution in [0.3, 0.4) is 0 Å². The first kappa shape index (κ1) is 16.8. The first-order valence-electron chi connectivity index (χ1n) is 8.37. The van der Waals surface area contributed by atoms with Gasteiger partial charge in [-0.15, -0.1) is 0 Å². The van der Waals surface area contributed by atoms with E-state index >= 15 is 0 Å². The third kappa shape index (κ3) is 4.23. The molecule has 1 atom stereocenters. The van der Waals surface area contributed by atoms with Gasteiger partial charge < -0.3 is 11.1 Å². The van der Waals surface area contributed by atoms with Gasteiger partial charge >= 0.3 is 0 Å². The molecule has 1 saturated carbocycles. The lowest BCUT2D eigenvalue weighted by Crippen LogP contribution is -2.50. The van der Waals surface area contributed by atoms with Gasteiger partial charge in [-0.3, -0.25) is 9.69 Å². The van der Waals surface area contributed by atoms with Crippen LogP contribution < -0.4 is 11.1 Å². The molecule has 0 saturated heterocycles. The van der Waals surface area contributed by atoms with Crippen molar-refractivity contribution in [1.29, 1.82) is 0 Å². The molecule has 0 radical (unpaired) electrons.